The Kier molecular flexibility index (Phi) is 7.28. The first-order valence-electron chi connectivity index (χ1n) is 9.43. The Bertz CT molecular complexity index is 984. The molecule has 2 amide bonds. The van der Waals surface area contributed by atoms with E-state index in [0.29, 0.717) is 5.56 Å². The van der Waals surface area contributed by atoms with Crippen LogP contribution in [0.2, 0.25) is 0 Å². The molecule has 150 valence electrons. The van der Waals surface area contributed by atoms with E-state index in [1.807, 2.05) is 60.7 Å². The molecule has 0 heterocycles. The summed E-state index contributed by atoms with van der Waals surface area (Å²) in [6.07, 6.45) is 5.17. The zero-order valence-corrected chi connectivity index (χ0v) is 16.2. The Balaban J connectivity index is 1.72. The van der Waals surface area contributed by atoms with Crippen LogP contribution in [0.25, 0.3) is 12.2 Å². The SMILES string of the molecule is O=C(/C=C/c1ccccc1)NC(NC(=O)/C=C/c1ccccc1)c1cccc(F)c1. The van der Waals surface area contributed by atoms with Crippen molar-refractivity contribution >= 4 is 24.0 Å². The van der Waals surface area contributed by atoms with Crippen LogP contribution in [0.3, 0.4) is 0 Å². The van der Waals surface area contributed by atoms with Gasteiger partial charge in [0.25, 0.3) is 0 Å². The van der Waals surface area contributed by atoms with Gasteiger partial charge in [-0.25, -0.2) is 4.39 Å². The number of amides is 2. The lowest BCUT2D eigenvalue weighted by Gasteiger charge is -2.19. The lowest BCUT2D eigenvalue weighted by molar-refractivity contribution is -0.119. The number of nitrogens with one attached hydrogen (secondary N) is 2. The molecule has 0 bridgehead atoms. The van der Waals surface area contributed by atoms with Gasteiger partial charge < -0.3 is 10.6 Å². The molecule has 0 spiro atoms. The van der Waals surface area contributed by atoms with Crippen molar-refractivity contribution in [3.05, 3.63) is 120 Å². The van der Waals surface area contributed by atoms with Crippen LogP contribution >= 0.6 is 0 Å². The fraction of sp³-hybridized carbons (Fsp3) is 0.0400. The van der Waals surface area contributed by atoms with Crippen molar-refractivity contribution in [2.75, 3.05) is 0 Å². The molecular formula is C25H21FN2O2. The summed E-state index contributed by atoms with van der Waals surface area (Å²) < 4.78 is 13.7. The van der Waals surface area contributed by atoms with E-state index in [-0.39, 0.29) is 0 Å². The van der Waals surface area contributed by atoms with Gasteiger partial charge >= 0.3 is 0 Å². The highest BCUT2D eigenvalue weighted by Gasteiger charge is 2.15. The van der Waals surface area contributed by atoms with E-state index in [2.05, 4.69) is 10.6 Å². The fourth-order valence-electron chi connectivity index (χ4n) is 2.74. The molecule has 0 atom stereocenters. The molecule has 0 aliphatic rings. The maximum absolute atomic E-state index is 13.7. The number of benzene rings is 3. The van der Waals surface area contributed by atoms with Crippen LogP contribution in [0.5, 0.6) is 0 Å². The average molecular weight is 400 g/mol. The molecule has 4 nitrogen and oxygen atoms in total. The molecule has 0 aliphatic carbocycles. The summed E-state index contributed by atoms with van der Waals surface area (Å²) in [6, 6.07) is 24.4. The number of carbonyl (C=O) groups is 2. The predicted molar refractivity (Wildman–Crippen MR) is 116 cm³/mol. The van der Waals surface area contributed by atoms with Crippen LogP contribution in [-0.2, 0) is 9.59 Å². The number of hydrogen-bond acceptors (Lipinski definition) is 2. The zero-order valence-electron chi connectivity index (χ0n) is 16.2. The van der Waals surface area contributed by atoms with Crippen LogP contribution in [0, 0.1) is 5.82 Å². The van der Waals surface area contributed by atoms with Crippen molar-refractivity contribution in [1.82, 2.24) is 10.6 Å². The first kappa shape index (κ1) is 20.7. The molecule has 30 heavy (non-hydrogen) atoms. The molecule has 0 radical (unpaired) electrons. The Morgan fingerprint density at radius 2 is 1.20 bits per heavy atom. The van der Waals surface area contributed by atoms with Crippen LogP contribution in [-0.4, -0.2) is 11.8 Å². The third kappa shape index (κ3) is 6.56. The minimum atomic E-state index is -0.887. The van der Waals surface area contributed by atoms with Gasteiger partial charge in [-0.05, 0) is 41.0 Å². The summed E-state index contributed by atoms with van der Waals surface area (Å²) in [6.45, 7) is 0. The molecule has 0 fully saturated rings. The van der Waals surface area contributed by atoms with Crippen molar-refractivity contribution in [1.29, 1.82) is 0 Å². The maximum Gasteiger partial charge on any atom is 0.245 e. The van der Waals surface area contributed by atoms with Crippen LogP contribution < -0.4 is 10.6 Å². The summed E-state index contributed by atoms with van der Waals surface area (Å²) in [5.74, 6) is -1.29. The molecular weight excluding hydrogens is 379 g/mol. The second kappa shape index (κ2) is 10.5. The molecule has 0 saturated heterocycles. The number of halogens is 1. The Hall–Kier alpha value is -3.99. The molecule has 0 unspecified atom stereocenters. The highest BCUT2D eigenvalue weighted by molar-refractivity contribution is 5.94. The lowest BCUT2D eigenvalue weighted by atomic mass is 10.1. The van der Waals surface area contributed by atoms with Gasteiger partial charge in [-0.2, -0.15) is 0 Å². The van der Waals surface area contributed by atoms with Gasteiger partial charge in [0.1, 0.15) is 12.0 Å². The third-order valence-electron chi connectivity index (χ3n) is 4.21. The van der Waals surface area contributed by atoms with E-state index in [1.165, 1.54) is 30.4 Å². The van der Waals surface area contributed by atoms with E-state index in [4.69, 9.17) is 0 Å². The highest BCUT2D eigenvalue weighted by Crippen LogP contribution is 2.13. The van der Waals surface area contributed by atoms with E-state index in [9.17, 15) is 14.0 Å². The minimum absolute atomic E-state index is 0.416. The molecule has 2 N–H and O–H groups in total. The Morgan fingerprint density at radius 3 is 1.67 bits per heavy atom. The summed E-state index contributed by atoms with van der Waals surface area (Å²) in [7, 11) is 0. The van der Waals surface area contributed by atoms with Gasteiger partial charge in [0.15, 0.2) is 0 Å². The first-order valence-corrected chi connectivity index (χ1v) is 9.43. The Labute approximate surface area is 174 Å². The highest BCUT2D eigenvalue weighted by atomic mass is 19.1. The predicted octanol–water partition coefficient (Wildman–Crippen LogP) is 4.48. The van der Waals surface area contributed by atoms with Crippen molar-refractivity contribution < 1.29 is 14.0 Å². The molecule has 5 heteroatoms. The number of hydrogen-bond donors (Lipinski definition) is 2. The lowest BCUT2D eigenvalue weighted by Crippen LogP contribution is -2.39. The van der Waals surface area contributed by atoms with Crippen molar-refractivity contribution in [3.8, 4) is 0 Å². The van der Waals surface area contributed by atoms with Gasteiger partial charge in [-0.15, -0.1) is 0 Å². The smallest absolute Gasteiger partial charge is 0.245 e. The Morgan fingerprint density at radius 1 is 0.700 bits per heavy atom. The van der Waals surface area contributed by atoms with E-state index < -0.39 is 23.8 Å². The van der Waals surface area contributed by atoms with Gasteiger partial charge in [0.05, 0.1) is 0 Å². The van der Waals surface area contributed by atoms with Crippen molar-refractivity contribution in [2.45, 2.75) is 6.17 Å². The summed E-state index contributed by atoms with van der Waals surface area (Å²) in [5, 5.41) is 5.40. The first-order chi connectivity index (χ1) is 14.6. The topological polar surface area (TPSA) is 58.2 Å². The van der Waals surface area contributed by atoms with Crippen LogP contribution in [0.1, 0.15) is 22.9 Å². The van der Waals surface area contributed by atoms with Gasteiger partial charge in [0, 0.05) is 12.2 Å². The standard InChI is InChI=1S/C25H21FN2O2/c26-22-13-7-12-21(18-22)25(27-23(29)16-14-19-8-3-1-4-9-19)28-24(30)17-15-20-10-5-2-6-11-20/h1-18,25H,(H,27,29)(H,28,30)/b16-14+,17-15+. The normalized spacial score (nSPS) is 11.1. The molecule has 3 rings (SSSR count). The summed E-state index contributed by atoms with van der Waals surface area (Å²) in [4.78, 5) is 24.8. The molecule has 3 aromatic rings. The minimum Gasteiger partial charge on any atom is -0.328 e. The second-order valence-corrected chi connectivity index (χ2v) is 6.49. The van der Waals surface area contributed by atoms with E-state index in [1.54, 1.807) is 18.2 Å². The largest absolute Gasteiger partial charge is 0.328 e. The molecule has 0 aliphatic heterocycles. The fourth-order valence-corrected chi connectivity index (χ4v) is 2.74. The molecule has 0 saturated carbocycles. The van der Waals surface area contributed by atoms with Crippen LogP contribution in [0.4, 0.5) is 4.39 Å². The molecule has 3 aromatic carbocycles. The van der Waals surface area contributed by atoms with E-state index >= 15 is 0 Å². The van der Waals surface area contributed by atoms with Gasteiger partial charge in [-0.1, -0.05) is 72.8 Å². The summed E-state index contributed by atoms with van der Waals surface area (Å²) >= 11 is 0. The monoisotopic (exact) mass is 400 g/mol. The molecule has 0 aromatic heterocycles. The quantitative estimate of drug-likeness (QED) is 0.454. The third-order valence-corrected chi connectivity index (χ3v) is 4.21. The zero-order chi connectivity index (χ0) is 21.2. The number of rotatable bonds is 7. The maximum atomic E-state index is 13.7. The summed E-state index contributed by atoms with van der Waals surface area (Å²) in [5.41, 5.74) is 2.16. The van der Waals surface area contributed by atoms with E-state index in [0.717, 1.165) is 11.1 Å². The average Bonchev–Trinajstić information content (AvgIpc) is 2.77. The van der Waals surface area contributed by atoms with Crippen LogP contribution in [0.15, 0.2) is 97.1 Å². The van der Waals surface area contributed by atoms with Gasteiger partial charge in [0.2, 0.25) is 11.8 Å². The van der Waals surface area contributed by atoms with Gasteiger partial charge in [-0.3, -0.25) is 9.59 Å². The van der Waals surface area contributed by atoms with Crippen molar-refractivity contribution in [2.24, 2.45) is 0 Å². The number of carbonyl (C=O) groups excluding carboxylic acids is 2. The second-order valence-electron chi connectivity index (χ2n) is 6.49. The van der Waals surface area contributed by atoms with Crippen molar-refractivity contribution in [3.63, 3.8) is 0 Å².